The molecule has 0 aliphatic heterocycles. The summed E-state index contributed by atoms with van der Waals surface area (Å²) < 4.78 is 10.4. The maximum atomic E-state index is 9.78. The largest absolute Gasteiger partial charge is 0.493 e. The molecule has 126 valence electrons. The SMILES string of the molecule is COc1ccc([C@H]2C(C#N)(C#N)[C@@]2(C#N)C(N)=C(C#N)C#N)cc1OC. The summed E-state index contributed by atoms with van der Waals surface area (Å²) in [6, 6.07) is 13.5. The van der Waals surface area contributed by atoms with E-state index in [-0.39, 0.29) is 5.70 Å². The topological polar surface area (TPSA) is 163 Å². The van der Waals surface area contributed by atoms with E-state index in [0.717, 1.165) is 0 Å². The molecule has 0 bridgehead atoms. The van der Waals surface area contributed by atoms with Gasteiger partial charge in [0.2, 0.25) is 0 Å². The molecule has 0 spiro atoms. The van der Waals surface area contributed by atoms with Gasteiger partial charge in [-0.2, -0.15) is 26.3 Å². The van der Waals surface area contributed by atoms with Crippen LogP contribution in [0.1, 0.15) is 11.5 Å². The van der Waals surface area contributed by atoms with Crippen molar-refractivity contribution in [1.29, 1.82) is 26.3 Å². The first-order valence-corrected chi connectivity index (χ1v) is 7.24. The number of ether oxygens (including phenoxy) is 2. The van der Waals surface area contributed by atoms with Gasteiger partial charge >= 0.3 is 0 Å². The fraction of sp³-hybridized carbons (Fsp3) is 0.278. The Bertz CT molecular complexity index is 979. The highest BCUT2D eigenvalue weighted by molar-refractivity contribution is 5.64. The number of hydrogen-bond donors (Lipinski definition) is 1. The van der Waals surface area contributed by atoms with E-state index >= 15 is 0 Å². The number of nitrogens with zero attached hydrogens (tertiary/aromatic N) is 5. The van der Waals surface area contributed by atoms with E-state index in [4.69, 9.17) is 25.7 Å². The van der Waals surface area contributed by atoms with E-state index in [0.29, 0.717) is 17.1 Å². The van der Waals surface area contributed by atoms with Crippen LogP contribution in [0.15, 0.2) is 29.5 Å². The van der Waals surface area contributed by atoms with Crippen LogP contribution in [-0.2, 0) is 0 Å². The lowest BCUT2D eigenvalue weighted by molar-refractivity contribution is 0.354. The van der Waals surface area contributed by atoms with Crippen molar-refractivity contribution in [3.05, 3.63) is 35.0 Å². The molecule has 1 saturated carbocycles. The fourth-order valence-corrected chi connectivity index (χ4v) is 3.26. The maximum Gasteiger partial charge on any atom is 0.177 e. The molecule has 8 nitrogen and oxygen atoms in total. The highest BCUT2D eigenvalue weighted by atomic mass is 16.5. The van der Waals surface area contributed by atoms with Crippen molar-refractivity contribution in [2.45, 2.75) is 5.92 Å². The third-order valence-electron chi connectivity index (χ3n) is 4.59. The van der Waals surface area contributed by atoms with Gasteiger partial charge < -0.3 is 15.2 Å². The molecule has 2 atom stereocenters. The van der Waals surface area contributed by atoms with Gasteiger partial charge in [0.25, 0.3) is 0 Å². The second-order valence-corrected chi connectivity index (χ2v) is 5.51. The molecule has 1 fully saturated rings. The summed E-state index contributed by atoms with van der Waals surface area (Å²) in [5, 5.41) is 47.2. The van der Waals surface area contributed by atoms with Crippen LogP contribution in [0.25, 0.3) is 0 Å². The average molecular weight is 344 g/mol. The van der Waals surface area contributed by atoms with Crippen molar-refractivity contribution in [2.24, 2.45) is 16.6 Å². The minimum Gasteiger partial charge on any atom is -0.493 e. The Labute approximate surface area is 150 Å². The van der Waals surface area contributed by atoms with Crippen LogP contribution in [0, 0.1) is 67.5 Å². The highest BCUT2D eigenvalue weighted by Crippen LogP contribution is 2.76. The molecule has 0 heterocycles. The van der Waals surface area contributed by atoms with E-state index in [1.807, 2.05) is 18.2 Å². The van der Waals surface area contributed by atoms with Crippen LogP contribution in [-0.4, -0.2) is 14.2 Å². The number of allylic oxidation sites excluding steroid dienone is 2. The Hall–Kier alpha value is -4.19. The summed E-state index contributed by atoms with van der Waals surface area (Å²) in [6.07, 6.45) is 0. The lowest BCUT2D eigenvalue weighted by Gasteiger charge is -2.11. The zero-order chi connectivity index (χ0) is 19.5. The summed E-state index contributed by atoms with van der Waals surface area (Å²) in [6.45, 7) is 0. The minimum atomic E-state index is -1.83. The number of benzene rings is 1. The van der Waals surface area contributed by atoms with Crippen LogP contribution in [0.4, 0.5) is 0 Å². The molecule has 0 aromatic heterocycles. The molecule has 1 aliphatic carbocycles. The zero-order valence-corrected chi connectivity index (χ0v) is 13.9. The van der Waals surface area contributed by atoms with Gasteiger partial charge in [-0.3, -0.25) is 0 Å². The molecule has 0 unspecified atom stereocenters. The molecule has 0 amide bonds. The third kappa shape index (κ3) is 2.03. The van der Waals surface area contributed by atoms with E-state index in [2.05, 4.69) is 0 Å². The molecule has 1 aromatic carbocycles. The van der Waals surface area contributed by atoms with Gasteiger partial charge in [-0.1, -0.05) is 6.07 Å². The molecule has 26 heavy (non-hydrogen) atoms. The Kier molecular flexibility index (Phi) is 4.45. The normalized spacial score (nSPS) is 21.5. The van der Waals surface area contributed by atoms with Gasteiger partial charge in [-0.25, -0.2) is 0 Å². The van der Waals surface area contributed by atoms with Crippen molar-refractivity contribution in [3.8, 4) is 41.8 Å². The monoisotopic (exact) mass is 344 g/mol. The second kappa shape index (κ2) is 6.37. The maximum absolute atomic E-state index is 9.78. The van der Waals surface area contributed by atoms with Crippen LogP contribution < -0.4 is 15.2 Å². The fourth-order valence-electron chi connectivity index (χ4n) is 3.26. The number of hydrogen-bond acceptors (Lipinski definition) is 8. The van der Waals surface area contributed by atoms with Crippen LogP contribution in [0.5, 0.6) is 11.5 Å². The minimum absolute atomic E-state index is 0.344. The molecule has 2 rings (SSSR count). The number of nitrogens with two attached hydrogens (primary N) is 1. The van der Waals surface area contributed by atoms with Crippen molar-refractivity contribution >= 4 is 0 Å². The second-order valence-electron chi connectivity index (χ2n) is 5.51. The van der Waals surface area contributed by atoms with Gasteiger partial charge in [0.05, 0.1) is 38.1 Å². The third-order valence-corrected chi connectivity index (χ3v) is 4.59. The molecule has 0 saturated heterocycles. The van der Waals surface area contributed by atoms with E-state index < -0.39 is 22.3 Å². The Morgan fingerprint density at radius 3 is 1.96 bits per heavy atom. The number of methoxy groups -OCH3 is 2. The predicted octanol–water partition coefficient (Wildman–Crippen LogP) is 1.60. The lowest BCUT2D eigenvalue weighted by Crippen LogP contribution is -2.20. The number of nitriles is 5. The van der Waals surface area contributed by atoms with Crippen molar-refractivity contribution < 1.29 is 9.47 Å². The van der Waals surface area contributed by atoms with Crippen molar-refractivity contribution in [3.63, 3.8) is 0 Å². The Morgan fingerprint density at radius 2 is 1.54 bits per heavy atom. The van der Waals surface area contributed by atoms with Gasteiger partial charge in [-0.15, -0.1) is 0 Å². The average Bonchev–Trinajstić information content (AvgIpc) is 3.31. The number of rotatable bonds is 4. The Balaban J connectivity index is 2.78. The molecule has 2 N–H and O–H groups in total. The van der Waals surface area contributed by atoms with Gasteiger partial charge in [-0.05, 0) is 17.7 Å². The molecular formula is C18H12N6O2. The lowest BCUT2D eigenvalue weighted by atomic mass is 9.90. The quantitative estimate of drug-likeness (QED) is 0.804. The summed E-state index contributed by atoms with van der Waals surface area (Å²) in [5.41, 5.74) is 1.85. The molecular weight excluding hydrogens is 332 g/mol. The van der Waals surface area contributed by atoms with E-state index in [1.165, 1.54) is 20.3 Å². The van der Waals surface area contributed by atoms with Crippen molar-refractivity contribution in [2.75, 3.05) is 14.2 Å². The van der Waals surface area contributed by atoms with Gasteiger partial charge in [0.15, 0.2) is 16.9 Å². The highest BCUT2D eigenvalue weighted by Gasteiger charge is 2.82. The first kappa shape index (κ1) is 18.2. The summed E-state index contributed by atoms with van der Waals surface area (Å²) >= 11 is 0. The van der Waals surface area contributed by atoms with Crippen LogP contribution in [0.3, 0.4) is 0 Å². The van der Waals surface area contributed by atoms with E-state index in [1.54, 1.807) is 24.3 Å². The van der Waals surface area contributed by atoms with Gasteiger partial charge in [0.1, 0.15) is 23.1 Å². The smallest absolute Gasteiger partial charge is 0.177 e. The first-order valence-electron chi connectivity index (χ1n) is 7.24. The summed E-state index contributed by atoms with van der Waals surface area (Å²) in [4.78, 5) is 0. The predicted molar refractivity (Wildman–Crippen MR) is 86.4 cm³/mol. The van der Waals surface area contributed by atoms with Gasteiger partial charge in [0, 0.05) is 5.92 Å². The summed E-state index contributed by atoms with van der Waals surface area (Å²) in [5.74, 6) is -0.180. The summed E-state index contributed by atoms with van der Waals surface area (Å²) in [7, 11) is 2.88. The molecule has 8 heteroatoms. The van der Waals surface area contributed by atoms with Crippen molar-refractivity contribution in [1.82, 2.24) is 0 Å². The van der Waals surface area contributed by atoms with Crippen LogP contribution >= 0.6 is 0 Å². The van der Waals surface area contributed by atoms with E-state index in [9.17, 15) is 15.8 Å². The first-order chi connectivity index (χ1) is 12.5. The standard InChI is InChI=1S/C18H12N6O2/c1-25-13-4-3-11(5-14(13)26-2)15-17(8-21,9-22)18(15,10-23)16(24)12(6-19)7-20/h3-5,15H,24H2,1-2H3/t15-,18+/m0/s1. The molecule has 1 aromatic rings. The zero-order valence-electron chi connectivity index (χ0n) is 13.9. The van der Waals surface area contributed by atoms with Crippen LogP contribution in [0.2, 0.25) is 0 Å². The molecule has 0 radical (unpaired) electrons. The molecule has 1 aliphatic rings. The Morgan fingerprint density at radius 1 is 0.962 bits per heavy atom.